The Labute approximate surface area is 186 Å². The number of halogens is 1. The van der Waals surface area contributed by atoms with Gasteiger partial charge in [-0.2, -0.15) is 0 Å². The van der Waals surface area contributed by atoms with E-state index in [1.165, 1.54) is 6.42 Å². The summed E-state index contributed by atoms with van der Waals surface area (Å²) in [6.45, 7) is 11.7. The number of nitrogens with one attached hydrogen (secondary N) is 2. The van der Waals surface area contributed by atoms with Crippen molar-refractivity contribution in [2.75, 3.05) is 26.8 Å². The van der Waals surface area contributed by atoms with Crippen LogP contribution in [0.15, 0.2) is 23.2 Å². The predicted octanol–water partition coefficient (Wildman–Crippen LogP) is 3.92. The summed E-state index contributed by atoms with van der Waals surface area (Å²) in [4.78, 5) is 4.65. The Kier molecular flexibility index (Phi) is 10.4. The molecule has 7 heteroatoms. The first-order valence-corrected chi connectivity index (χ1v) is 9.84. The van der Waals surface area contributed by atoms with E-state index >= 15 is 0 Å². The lowest BCUT2D eigenvalue weighted by atomic mass is 9.78. The molecule has 28 heavy (non-hydrogen) atoms. The highest BCUT2D eigenvalue weighted by Gasteiger charge is 2.35. The van der Waals surface area contributed by atoms with E-state index in [1.54, 1.807) is 19.2 Å². The molecule has 0 bridgehead atoms. The van der Waals surface area contributed by atoms with Crippen molar-refractivity contribution < 1.29 is 14.6 Å². The van der Waals surface area contributed by atoms with Crippen molar-refractivity contribution >= 4 is 29.9 Å². The lowest BCUT2D eigenvalue weighted by Gasteiger charge is -2.40. The van der Waals surface area contributed by atoms with E-state index in [0.717, 1.165) is 37.6 Å². The van der Waals surface area contributed by atoms with E-state index in [0.29, 0.717) is 18.2 Å². The van der Waals surface area contributed by atoms with Crippen LogP contribution >= 0.6 is 24.0 Å². The maximum absolute atomic E-state index is 9.92. The fourth-order valence-corrected chi connectivity index (χ4v) is 3.58. The number of benzene rings is 1. The Hall–Kier alpha value is -1.22. The second-order valence-corrected chi connectivity index (χ2v) is 8.14. The molecule has 1 saturated heterocycles. The minimum atomic E-state index is 0. The zero-order chi connectivity index (χ0) is 19.9. The number of nitrogens with zero attached hydrogens (tertiary/aromatic N) is 1. The number of hydrogen-bond acceptors (Lipinski definition) is 4. The monoisotopic (exact) mass is 505 g/mol. The van der Waals surface area contributed by atoms with Crippen molar-refractivity contribution in [2.45, 2.75) is 53.2 Å². The maximum atomic E-state index is 9.92. The Bertz CT molecular complexity index is 632. The Morgan fingerprint density at radius 3 is 2.68 bits per heavy atom. The van der Waals surface area contributed by atoms with Crippen molar-refractivity contribution in [1.29, 1.82) is 0 Å². The van der Waals surface area contributed by atoms with Crippen LogP contribution in [0.1, 0.15) is 46.1 Å². The van der Waals surface area contributed by atoms with Crippen LogP contribution in [0.2, 0.25) is 0 Å². The first kappa shape index (κ1) is 24.8. The molecule has 160 valence electrons. The number of aromatic hydroxyl groups is 1. The molecule has 6 nitrogen and oxygen atoms in total. The van der Waals surface area contributed by atoms with Gasteiger partial charge in [0.15, 0.2) is 17.5 Å². The van der Waals surface area contributed by atoms with E-state index in [-0.39, 0.29) is 41.2 Å². The highest BCUT2D eigenvalue weighted by molar-refractivity contribution is 14.0. The minimum absolute atomic E-state index is 0. The molecular weight excluding hydrogens is 469 g/mol. The molecule has 1 aliphatic rings. The highest BCUT2D eigenvalue weighted by atomic mass is 127. The number of phenolic OH excluding ortho intramolecular Hbond substituents is 1. The first-order valence-electron chi connectivity index (χ1n) is 9.84. The molecule has 2 atom stereocenters. The second kappa shape index (κ2) is 11.7. The molecule has 1 aromatic carbocycles. The number of phenols is 1. The van der Waals surface area contributed by atoms with E-state index in [9.17, 15) is 5.11 Å². The summed E-state index contributed by atoms with van der Waals surface area (Å²) < 4.78 is 11.2. The molecule has 2 unspecified atom stereocenters. The normalized spacial score (nSPS) is 20.2. The zero-order valence-corrected chi connectivity index (χ0v) is 20.1. The third-order valence-corrected chi connectivity index (χ3v) is 4.84. The van der Waals surface area contributed by atoms with Gasteiger partial charge in [0.1, 0.15) is 0 Å². The molecule has 0 aromatic heterocycles. The summed E-state index contributed by atoms with van der Waals surface area (Å²) in [5.74, 6) is 1.85. The van der Waals surface area contributed by atoms with Gasteiger partial charge in [0.2, 0.25) is 0 Å². The van der Waals surface area contributed by atoms with E-state index in [1.807, 2.05) is 6.07 Å². The van der Waals surface area contributed by atoms with Crippen molar-refractivity contribution in [3.63, 3.8) is 0 Å². The van der Waals surface area contributed by atoms with Gasteiger partial charge in [0, 0.05) is 25.6 Å². The third-order valence-electron chi connectivity index (χ3n) is 4.84. The van der Waals surface area contributed by atoms with Crippen LogP contribution in [-0.2, 0) is 11.3 Å². The lowest BCUT2D eigenvalue weighted by molar-refractivity contribution is -0.0835. The second-order valence-electron chi connectivity index (χ2n) is 8.14. The number of aliphatic imine (C=N–C) groups is 1. The van der Waals surface area contributed by atoms with Crippen molar-refractivity contribution in [3.8, 4) is 11.5 Å². The topological polar surface area (TPSA) is 75.1 Å². The lowest BCUT2D eigenvalue weighted by Crippen LogP contribution is -2.47. The van der Waals surface area contributed by atoms with Crippen LogP contribution in [0, 0.1) is 11.3 Å². The highest BCUT2D eigenvalue weighted by Crippen LogP contribution is 2.33. The van der Waals surface area contributed by atoms with Crippen LogP contribution in [0.4, 0.5) is 0 Å². The van der Waals surface area contributed by atoms with Crippen molar-refractivity contribution in [2.24, 2.45) is 16.3 Å². The summed E-state index contributed by atoms with van der Waals surface area (Å²) >= 11 is 0. The van der Waals surface area contributed by atoms with Gasteiger partial charge in [-0.15, -0.1) is 24.0 Å². The smallest absolute Gasteiger partial charge is 0.191 e. The van der Waals surface area contributed by atoms with Gasteiger partial charge in [-0.25, -0.2) is 4.99 Å². The summed E-state index contributed by atoms with van der Waals surface area (Å²) in [5.41, 5.74) is 1.06. The molecular formula is C21H36IN3O3. The van der Waals surface area contributed by atoms with E-state index < -0.39 is 0 Å². The van der Waals surface area contributed by atoms with Gasteiger partial charge in [-0.05, 0) is 42.9 Å². The summed E-state index contributed by atoms with van der Waals surface area (Å²) in [7, 11) is 1.54. The minimum Gasteiger partial charge on any atom is -0.504 e. The average Bonchev–Trinajstić information content (AvgIpc) is 2.63. The number of ether oxygens (including phenoxy) is 2. The van der Waals surface area contributed by atoms with Gasteiger partial charge in [0.25, 0.3) is 0 Å². The fraction of sp³-hybridized carbons (Fsp3) is 0.667. The quantitative estimate of drug-likeness (QED) is 0.311. The number of rotatable bonds is 6. The zero-order valence-electron chi connectivity index (χ0n) is 17.7. The first-order chi connectivity index (χ1) is 12.8. The standard InChI is InChI=1S/C21H35N3O3.HI/c1-6-22-20(23-13-15-9-10-18(26-5)17(25)12-15)24-14-16-8-7-11-27-19(16)21(2,3)4;/h9-10,12,16,19,25H,6-8,11,13-14H2,1-5H3,(H2,22,23,24);1H. The Balaban J connectivity index is 0.00000392. The molecule has 1 aromatic rings. The maximum Gasteiger partial charge on any atom is 0.191 e. The third kappa shape index (κ3) is 7.31. The number of methoxy groups -OCH3 is 1. The van der Waals surface area contributed by atoms with E-state index in [4.69, 9.17) is 9.47 Å². The largest absolute Gasteiger partial charge is 0.504 e. The van der Waals surface area contributed by atoms with Gasteiger partial charge in [0.05, 0.1) is 19.8 Å². The average molecular weight is 505 g/mol. The summed E-state index contributed by atoms with van der Waals surface area (Å²) in [6.07, 6.45) is 2.53. The molecule has 0 spiro atoms. The van der Waals surface area contributed by atoms with Crippen LogP contribution in [0.5, 0.6) is 11.5 Å². The number of guanidine groups is 1. The fourth-order valence-electron chi connectivity index (χ4n) is 3.58. The Morgan fingerprint density at radius 1 is 1.32 bits per heavy atom. The summed E-state index contributed by atoms with van der Waals surface area (Å²) in [5, 5.41) is 16.7. The van der Waals surface area contributed by atoms with Crippen LogP contribution in [0.3, 0.4) is 0 Å². The van der Waals surface area contributed by atoms with Crippen molar-refractivity contribution in [1.82, 2.24) is 10.6 Å². The molecule has 0 saturated carbocycles. The van der Waals surface area contributed by atoms with Crippen LogP contribution in [-0.4, -0.2) is 44.0 Å². The van der Waals surface area contributed by atoms with Gasteiger partial charge >= 0.3 is 0 Å². The van der Waals surface area contributed by atoms with Gasteiger partial charge in [-0.3, -0.25) is 0 Å². The molecule has 1 heterocycles. The molecule has 1 aliphatic heterocycles. The SMILES string of the molecule is CCNC(=NCc1ccc(OC)c(O)c1)NCC1CCCOC1C(C)(C)C.I. The number of hydrogen-bond donors (Lipinski definition) is 3. The Morgan fingerprint density at radius 2 is 2.07 bits per heavy atom. The molecule has 0 amide bonds. The van der Waals surface area contributed by atoms with Crippen molar-refractivity contribution in [3.05, 3.63) is 23.8 Å². The molecule has 2 rings (SSSR count). The van der Waals surface area contributed by atoms with Crippen LogP contribution in [0.25, 0.3) is 0 Å². The van der Waals surface area contributed by atoms with Gasteiger partial charge < -0.3 is 25.2 Å². The molecule has 1 fully saturated rings. The summed E-state index contributed by atoms with van der Waals surface area (Å²) in [6, 6.07) is 5.36. The van der Waals surface area contributed by atoms with Crippen LogP contribution < -0.4 is 15.4 Å². The van der Waals surface area contributed by atoms with E-state index in [2.05, 4.69) is 43.3 Å². The predicted molar refractivity (Wildman–Crippen MR) is 125 cm³/mol. The molecule has 0 aliphatic carbocycles. The molecule has 0 radical (unpaired) electrons. The van der Waals surface area contributed by atoms with Gasteiger partial charge in [-0.1, -0.05) is 26.8 Å². The molecule has 3 N–H and O–H groups in total.